The molecule has 150 valence electrons. The van der Waals surface area contributed by atoms with Crippen molar-refractivity contribution in [2.24, 2.45) is 5.10 Å². The van der Waals surface area contributed by atoms with Crippen molar-refractivity contribution < 1.29 is 9.53 Å². The topological polar surface area (TPSA) is 53.9 Å². The number of ether oxygens (including phenoxy) is 1. The Balaban J connectivity index is 1.79. The first kappa shape index (κ1) is 20.6. The molecule has 0 aliphatic rings. The van der Waals surface area contributed by atoms with Gasteiger partial charge in [0.1, 0.15) is 12.4 Å². The fourth-order valence-electron chi connectivity index (χ4n) is 3.12. The maximum atomic E-state index is 12.1. The lowest BCUT2D eigenvalue weighted by Gasteiger charge is -2.16. The van der Waals surface area contributed by atoms with Crippen LogP contribution in [-0.4, -0.2) is 36.7 Å². The van der Waals surface area contributed by atoms with E-state index in [9.17, 15) is 4.79 Å². The molecule has 0 aliphatic heterocycles. The minimum Gasteiger partial charge on any atom is -0.488 e. The van der Waals surface area contributed by atoms with E-state index in [2.05, 4.69) is 10.5 Å². The Kier molecular flexibility index (Phi) is 7.36. The minimum atomic E-state index is -0.128. The molecule has 29 heavy (non-hydrogen) atoms. The van der Waals surface area contributed by atoms with Crippen molar-refractivity contribution in [1.29, 1.82) is 0 Å². The van der Waals surface area contributed by atoms with Crippen LogP contribution in [0.4, 0.5) is 0 Å². The molecule has 0 bridgehead atoms. The lowest BCUT2D eigenvalue weighted by molar-refractivity contribution is -0.122. The standard InChI is InChI=1S/C24H27N3O2/c1-3-27(4-2)17-24(28)26-25-16-22-21-13-9-8-12-20(21)14-15-23(22)29-18-19-10-6-5-7-11-19/h5-16H,3-4,17-18H2,1-2H3,(H,26,28)/b25-16-. The highest BCUT2D eigenvalue weighted by molar-refractivity contribution is 6.02. The van der Waals surface area contributed by atoms with Gasteiger partial charge in [-0.2, -0.15) is 5.10 Å². The summed E-state index contributed by atoms with van der Waals surface area (Å²) in [7, 11) is 0. The Morgan fingerprint density at radius 2 is 1.72 bits per heavy atom. The summed E-state index contributed by atoms with van der Waals surface area (Å²) in [6.07, 6.45) is 1.67. The number of nitrogens with one attached hydrogen (secondary N) is 1. The van der Waals surface area contributed by atoms with Gasteiger partial charge in [-0.05, 0) is 35.5 Å². The lowest BCUT2D eigenvalue weighted by atomic mass is 10.0. The van der Waals surface area contributed by atoms with Crippen molar-refractivity contribution >= 4 is 22.9 Å². The minimum absolute atomic E-state index is 0.128. The third-order valence-electron chi connectivity index (χ3n) is 4.81. The molecule has 0 atom stereocenters. The van der Waals surface area contributed by atoms with Crippen LogP contribution in [0.5, 0.6) is 5.75 Å². The van der Waals surface area contributed by atoms with Crippen molar-refractivity contribution in [3.8, 4) is 5.75 Å². The highest BCUT2D eigenvalue weighted by Gasteiger charge is 2.09. The lowest BCUT2D eigenvalue weighted by Crippen LogP contribution is -2.35. The van der Waals surface area contributed by atoms with Gasteiger partial charge in [0.2, 0.25) is 0 Å². The van der Waals surface area contributed by atoms with Crippen LogP contribution >= 0.6 is 0 Å². The number of hydrogen-bond donors (Lipinski definition) is 1. The molecule has 3 rings (SSSR count). The van der Waals surface area contributed by atoms with Crippen LogP contribution in [0, 0.1) is 0 Å². The first-order valence-corrected chi connectivity index (χ1v) is 9.94. The van der Waals surface area contributed by atoms with E-state index in [1.165, 1.54) is 0 Å². The Morgan fingerprint density at radius 1 is 1.00 bits per heavy atom. The van der Waals surface area contributed by atoms with E-state index in [0.29, 0.717) is 13.2 Å². The van der Waals surface area contributed by atoms with Gasteiger partial charge < -0.3 is 4.74 Å². The van der Waals surface area contributed by atoms with Gasteiger partial charge in [-0.15, -0.1) is 0 Å². The largest absolute Gasteiger partial charge is 0.488 e. The Morgan fingerprint density at radius 3 is 2.48 bits per heavy atom. The van der Waals surface area contributed by atoms with E-state index < -0.39 is 0 Å². The summed E-state index contributed by atoms with van der Waals surface area (Å²) >= 11 is 0. The number of fused-ring (bicyclic) bond motifs is 1. The smallest absolute Gasteiger partial charge is 0.254 e. The number of hydrazone groups is 1. The van der Waals surface area contributed by atoms with E-state index in [-0.39, 0.29) is 5.91 Å². The molecule has 0 saturated carbocycles. The molecule has 1 amide bonds. The monoisotopic (exact) mass is 389 g/mol. The second kappa shape index (κ2) is 10.4. The number of amides is 1. The Labute approximate surface area is 172 Å². The summed E-state index contributed by atoms with van der Waals surface area (Å²) in [5.74, 6) is 0.603. The third-order valence-corrected chi connectivity index (χ3v) is 4.81. The SMILES string of the molecule is CCN(CC)CC(=O)N/N=C\c1c(OCc2ccccc2)ccc2ccccc12. The number of carbonyl (C=O) groups excluding carboxylic acids is 1. The first-order chi connectivity index (χ1) is 14.2. The molecule has 0 aromatic heterocycles. The number of benzene rings is 3. The van der Waals surface area contributed by atoms with E-state index in [1.807, 2.05) is 85.5 Å². The van der Waals surface area contributed by atoms with Crippen molar-refractivity contribution in [2.45, 2.75) is 20.5 Å². The second-order valence-corrected chi connectivity index (χ2v) is 6.73. The summed E-state index contributed by atoms with van der Waals surface area (Å²) in [5, 5.41) is 6.32. The molecular weight excluding hydrogens is 362 g/mol. The summed E-state index contributed by atoms with van der Waals surface area (Å²) in [6, 6.07) is 22.1. The quantitative estimate of drug-likeness (QED) is 0.441. The highest BCUT2D eigenvalue weighted by atomic mass is 16.5. The number of hydrogen-bond acceptors (Lipinski definition) is 4. The van der Waals surface area contributed by atoms with Crippen LogP contribution < -0.4 is 10.2 Å². The van der Waals surface area contributed by atoms with Gasteiger partial charge in [0.05, 0.1) is 12.8 Å². The normalized spacial score (nSPS) is 11.3. The van der Waals surface area contributed by atoms with Gasteiger partial charge in [0, 0.05) is 5.56 Å². The van der Waals surface area contributed by atoms with Crippen LogP contribution in [0.1, 0.15) is 25.0 Å². The fraction of sp³-hybridized carbons (Fsp3) is 0.250. The molecule has 0 saturated heterocycles. The molecule has 3 aromatic carbocycles. The summed E-state index contributed by atoms with van der Waals surface area (Å²) in [4.78, 5) is 14.2. The molecule has 5 heteroatoms. The molecule has 0 heterocycles. The maximum Gasteiger partial charge on any atom is 0.254 e. The first-order valence-electron chi connectivity index (χ1n) is 9.94. The molecule has 0 unspecified atom stereocenters. The number of carbonyl (C=O) groups is 1. The van der Waals surface area contributed by atoms with Gasteiger partial charge in [-0.25, -0.2) is 5.43 Å². The Hall–Kier alpha value is -3.18. The van der Waals surface area contributed by atoms with Crippen molar-refractivity contribution in [2.75, 3.05) is 19.6 Å². The van der Waals surface area contributed by atoms with Crippen LogP contribution in [0.25, 0.3) is 10.8 Å². The average molecular weight is 389 g/mol. The highest BCUT2D eigenvalue weighted by Crippen LogP contribution is 2.27. The molecule has 0 aliphatic carbocycles. The predicted octanol–water partition coefficient (Wildman–Crippen LogP) is 4.21. The van der Waals surface area contributed by atoms with E-state index in [0.717, 1.165) is 40.7 Å². The van der Waals surface area contributed by atoms with Gasteiger partial charge in [-0.3, -0.25) is 9.69 Å². The fourth-order valence-corrected chi connectivity index (χ4v) is 3.12. The van der Waals surface area contributed by atoms with Crippen LogP contribution in [0.2, 0.25) is 0 Å². The summed E-state index contributed by atoms with van der Waals surface area (Å²) in [6.45, 7) is 6.52. The zero-order valence-corrected chi connectivity index (χ0v) is 17.0. The van der Waals surface area contributed by atoms with Crippen molar-refractivity contribution in [3.63, 3.8) is 0 Å². The van der Waals surface area contributed by atoms with E-state index >= 15 is 0 Å². The number of nitrogens with zero attached hydrogens (tertiary/aromatic N) is 2. The second-order valence-electron chi connectivity index (χ2n) is 6.73. The number of likely N-dealkylation sites (N-methyl/N-ethyl adjacent to an activating group) is 1. The number of rotatable bonds is 9. The van der Waals surface area contributed by atoms with Crippen molar-refractivity contribution in [1.82, 2.24) is 10.3 Å². The predicted molar refractivity (Wildman–Crippen MR) is 118 cm³/mol. The van der Waals surface area contributed by atoms with Gasteiger partial charge in [0.15, 0.2) is 0 Å². The maximum absolute atomic E-state index is 12.1. The van der Waals surface area contributed by atoms with Crippen LogP contribution in [-0.2, 0) is 11.4 Å². The zero-order chi connectivity index (χ0) is 20.5. The van der Waals surface area contributed by atoms with Crippen LogP contribution in [0.15, 0.2) is 71.8 Å². The van der Waals surface area contributed by atoms with Gasteiger partial charge in [0.25, 0.3) is 5.91 Å². The molecule has 1 N–H and O–H groups in total. The van der Waals surface area contributed by atoms with Crippen LogP contribution in [0.3, 0.4) is 0 Å². The van der Waals surface area contributed by atoms with Crippen molar-refractivity contribution in [3.05, 3.63) is 77.9 Å². The molecule has 3 aromatic rings. The summed E-state index contributed by atoms with van der Waals surface area (Å²) < 4.78 is 6.08. The zero-order valence-electron chi connectivity index (χ0n) is 17.0. The van der Waals surface area contributed by atoms with E-state index in [4.69, 9.17) is 4.74 Å². The average Bonchev–Trinajstić information content (AvgIpc) is 2.77. The van der Waals surface area contributed by atoms with Gasteiger partial charge >= 0.3 is 0 Å². The molecule has 0 spiro atoms. The third kappa shape index (κ3) is 5.65. The molecule has 0 radical (unpaired) electrons. The Bertz CT molecular complexity index is 966. The molecular formula is C24H27N3O2. The summed E-state index contributed by atoms with van der Waals surface area (Å²) in [5.41, 5.74) is 4.57. The van der Waals surface area contributed by atoms with E-state index in [1.54, 1.807) is 6.21 Å². The molecule has 0 fully saturated rings. The molecule has 5 nitrogen and oxygen atoms in total. The van der Waals surface area contributed by atoms with Gasteiger partial charge in [-0.1, -0.05) is 74.5 Å².